The van der Waals surface area contributed by atoms with E-state index in [1.165, 1.54) is 0 Å². The zero-order chi connectivity index (χ0) is 16.4. The lowest BCUT2D eigenvalue weighted by molar-refractivity contribution is 0.0818. The number of hydrogen-bond acceptors (Lipinski definition) is 4. The Labute approximate surface area is 136 Å². The minimum Gasteiger partial charge on any atom is -0.360 e. The molecule has 6 heteroatoms. The molecule has 1 aromatic carbocycles. The summed E-state index contributed by atoms with van der Waals surface area (Å²) in [6.07, 6.45) is 4.38. The molecule has 0 saturated carbocycles. The van der Waals surface area contributed by atoms with E-state index in [4.69, 9.17) is 4.74 Å². The van der Waals surface area contributed by atoms with Crippen LogP contribution in [0.15, 0.2) is 30.6 Å². The highest BCUT2D eigenvalue weighted by Crippen LogP contribution is 2.24. The van der Waals surface area contributed by atoms with Gasteiger partial charge in [0.15, 0.2) is 0 Å². The molecule has 0 aliphatic carbocycles. The second kappa shape index (κ2) is 6.21. The molecular weight excluding hydrogens is 306 g/mol. The maximum Gasteiger partial charge on any atom is 0.150 e. The van der Waals surface area contributed by atoms with Gasteiger partial charge in [-0.2, -0.15) is 5.10 Å². The predicted octanol–water partition coefficient (Wildman–Crippen LogP) is 3.71. The summed E-state index contributed by atoms with van der Waals surface area (Å²) in [6, 6.07) is 6.74. The number of nitrogens with zero attached hydrogens (tertiary/aromatic N) is 3. The summed E-state index contributed by atoms with van der Waals surface area (Å²) >= 11 is 0. The van der Waals surface area contributed by atoms with Crippen LogP contribution in [0.1, 0.15) is 10.4 Å². The van der Waals surface area contributed by atoms with Crippen molar-refractivity contribution < 1.29 is 9.53 Å². The molecule has 2 heterocycles. The van der Waals surface area contributed by atoms with Crippen LogP contribution in [-0.2, 0) is 11.5 Å². The van der Waals surface area contributed by atoms with E-state index in [1.54, 1.807) is 12.4 Å². The van der Waals surface area contributed by atoms with Crippen molar-refractivity contribution >= 4 is 36.2 Å². The van der Waals surface area contributed by atoms with E-state index in [2.05, 4.69) is 29.7 Å². The zero-order valence-corrected chi connectivity index (χ0v) is 14.7. The first-order valence-corrected chi connectivity index (χ1v) is 11.5. The Morgan fingerprint density at radius 1 is 1.26 bits per heavy atom. The molecule has 0 amide bonds. The van der Waals surface area contributed by atoms with Crippen molar-refractivity contribution in [3.63, 3.8) is 0 Å². The number of rotatable bonds is 6. The Morgan fingerprint density at radius 3 is 2.83 bits per heavy atom. The van der Waals surface area contributed by atoms with E-state index >= 15 is 0 Å². The molecule has 120 valence electrons. The van der Waals surface area contributed by atoms with E-state index in [0.29, 0.717) is 12.3 Å². The highest BCUT2D eigenvalue weighted by Gasteiger charge is 2.13. The summed E-state index contributed by atoms with van der Waals surface area (Å²) in [5.41, 5.74) is 2.44. The summed E-state index contributed by atoms with van der Waals surface area (Å²) in [4.78, 5) is 15.4. The number of aldehydes is 1. The maximum atomic E-state index is 10.9. The number of carbonyl (C=O) groups is 1. The van der Waals surface area contributed by atoms with Crippen LogP contribution >= 0.6 is 0 Å². The van der Waals surface area contributed by atoms with E-state index in [1.807, 2.05) is 22.9 Å². The van der Waals surface area contributed by atoms with Crippen LogP contribution in [0.2, 0.25) is 25.7 Å². The summed E-state index contributed by atoms with van der Waals surface area (Å²) in [5, 5.41) is 6.36. The van der Waals surface area contributed by atoms with Gasteiger partial charge in [0.25, 0.3) is 0 Å². The summed E-state index contributed by atoms with van der Waals surface area (Å²) in [5.74, 6) is 0. The SMILES string of the molecule is C[Si](C)(C)CCOCn1ncc2ncc3cc(C=O)ccc3c21. The van der Waals surface area contributed by atoms with Crippen molar-refractivity contribution in [1.29, 1.82) is 0 Å². The molecule has 0 aliphatic heterocycles. The second-order valence-corrected chi connectivity index (χ2v) is 12.6. The van der Waals surface area contributed by atoms with Gasteiger partial charge in [-0.25, -0.2) is 4.68 Å². The van der Waals surface area contributed by atoms with Gasteiger partial charge in [-0.1, -0.05) is 31.8 Å². The van der Waals surface area contributed by atoms with Crippen LogP contribution < -0.4 is 0 Å². The molecule has 0 bridgehead atoms. The van der Waals surface area contributed by atoms with Crippen LogP contribution in [0.4, 0.5) is 0 Å². The van der Waals surface area contributed by atoms with E-state index in [9.17, 15) is 4.79 Å². The number of hydrogen-bond donors (Lipinski definition) is 0. The number of benzene rings is 1. The molecule has 0 unspecified atom stereocenters. The third kappa shape index (κ3) is 3.48. The van der Waals surface area contributed by atoms with Crippen molar-refractivity contribution in [2.24, 2.45) is 0 Å². The Kier molecular flexibility index (Phi) is 4.28. The standard InChI is InChI=1S/C17H21N3O2Si/c1-23(2,3)7-6-22-12-20-17-15-5-4-13(11-21)8-14(15)9-18-16(17)10-19-20/h4-5,8-11H,6-7,12H2,1-3H3. The lowest BCUT2D eigenvalue weighted by Gasteiger charge is -2.15. The average Bonchev–Trinajstić information content (AvgIpc) is 2.93. The summed E-state index contributed by atoms with van der Waals surface area (Å²) in [6.45, 7) is 8.18. The molecule has 0 radical (unpaired) electrons. The molecule has 0 spiro atoms. The Balaban J connectivity index is 1.89. The first-order valence-electron chi connectivity index (χ1n) is 7.75. The maximum absolute atomic E-state index is 10.9. The van der Waals surface area contributed by atoms with Gasteiger partial charge in [-0.3, -0.25) is 9.78 Å². The first-order chi connectivity index (χ1) is 11.0. The topological polar surface area (TPSA) is 57.0 Å². The van der Waals surface area contributed by atoms with Crippen molar-refractivity contribution in [2.45, 2.75) is 32.4 Å². The lowest BCUT2D eigenvalue weighted by Crippen LogP contribution is -2.22. The van der Waals surface area contributed by atoms with Gasteiger partial charge < -0.3 is 4.74 Å². The monoisotopic (exact) mass is 327 g/mol. The third-order valence-electron chi connectivity index (χ3n) is 3.84. The van der Waals surface area contributed by atoms with Crippen LogP contribution in [0.3, 0.4) is 0 Å². The molecule has 3 aromatic rings. The molecule has 23 heavy (non-hydrogen) atoms. The smallest absolute Gasteiger partial charge is 0.150 e. The molecule has 2 aromatic heterocycles. The van der Waals surface area contributed by atoms with Gasteiger partial charge in [0, 0.05) is 37.2 Å². The normalized spacial score (nSPS) is 12.1. The van der Waals surface area contributed by atoms with Gasteiger partial charge in [-0.15, -0.1) is 0 Å². The molecule has 0 aliphatic rings. The zero-order valence-electron chi connectivity index (χ0n) is 13.7. The molecular formula is C17H21N3O2Si. The van der Waals surface area contributed by atoms with Crippen LogP contribution in [0.5, 0.6) is 0 Å². The fourth-order valence-corrected chi connectivity index (χ4v) is 3.25. The molecule has 0 saturated heterocycles. The van der Waals surface area contributed by atoms with E-state index < -0.39 is 8.07 Å². The largest absolute Gasteiger partial charge is 0.360 e. The van der Waals surface area contributed by atoms with Crippen LogP contribution in [-0.4, -0.2) is 35.7 Å². The fourth-order valence-electron chi connectivity index (χ4n) is 2.49. The Hall–Kier alpha value is -2.05. The van der Waals surface area contributed by atoms with E-state index in [0.717, 1.165) is 40.7 Å². The fraction of sp³-hybridized carbons (Fsp3) is 0.353. The van der Waals surface area contributed by atoms with Crippen LogP contribution in [0, 0.1) is 0 Å². The number of fused-ring (bicyclic) bond motifs is 3. The molecule has 0 fully saturated rings. The molecule has 0 atom stereocenters. The lowest BCUT2D eigenvalue weighted by atomic mass is 10.1. The van der Waals surface area contributed by atoms with E-state index in [-0.39, 0.29) is 0 Å². The van der Waals surface area contributed by atoms with Crippen LogP contribution in [0.25, 0.3) is 21.8 Å². The Bertz CT molecular complexity index is 852. The number of aromatic nitrogens is 3. The predicted molar refractivity (Wildman–Crippen MR) is 94.5 cm³/mol. The Morgan fingerprint density at radius 2 is 2.09 bits per heavy atom. The summed E-state index contributed by atoms with van der Waals surface area (Å²) < 4.78 is 7.65. The second-order valence-electron chi connectivity index (χ2n) is 6.95. The van der Waals surface area contributed by atoms with Gasteiger partial charge in [0.1, 0.15) is 18.5 Å². The van der Waals surface area contributed by atoms with Crippen molar-refractivity contribution in [3.8, 4) is 0 Å². The average molecular weight is 327 g/mol. The van der Waals surface area contributed by atoms with Gasteiger partial charge >= 0.3 is 0 Å². The first kappa shape index (κ1) is 15.8. The third-order valence-corrected chi connectivity index (χ3v) is 5.54. The van der Waals surface area contributed by atoms with Crippen molar-refractivity contribution in [2.75, 3.05) is 6.61 Å². The van der Waals surface area contributed by atoms with Crippen molar-refractivity contribution in [1.82, 2.24) is 14.8 Å². The summed E-state index contributed by atoms with van der Waals surface area (Å²) in [7, 11) is -1.09. The highest BCUT2D eigenvalue weighted by atomic mass is 28.3. The minimum atomic E-state index is -1.09. The quantitative estimate of drug-likeness (QED) is 0.393. The molecule has 3 rings (SSSR count). The molecule has 0 N–H and O–H groups in total. The van der Waals surface area contributed by atoms with Gasteiger partial charge in [0.05, 0.1) is 11.7 Å². The van der Waals surface area contributed by atoms with Gasteiger partial charge in [0.2, 0.25) is 0 Å². The minimum absolute atomic E-state index is 0.421. The number of pyridine rings is 1. The number of ether oxygens (including phenoxy) is 1. The highest BCUT2D eigenvalue weighted by molar-refractivity contribution is 6.76. The molecule has 5 nitrogen and oxygen atoms in total. The number of carbonyl (C=O) groups excluding carboxylic acids is 1. The van der Waals surface area contributed by atoms with Crippen molar-refractivity contribution in [3.05, 3.63) is 36.2 Å². The van der Waals surface area contributed by atoms with Gasteiger partial charge in [-0.05, 0) is 12.1 Å².